The van der Waals surface area contributed by atoms with Crippen LogP contribution in [0.5, 0.6) is 0 Å². The normalized spacial score (nSPS) is 14.8. The monoisotopic (exact) mass is 264 g/mol. The molecule has 2 N–H and O–H groups in total. The Labute approximate surface area is 111 Å². The summed E-state index contributed by atoms with van der Waals surface area (Å²) in [5, 5.41) is 20.4. The van der Waals surface area contributed by atoms with E-state index in [0.717, 1.165) is 0 Å². The number of hydrogen-bond acceptors (Lipinski definition) is 5. The number of esters is 1. The molecule has 0 unspecified atom stereocenters. The van der Waals surface area contributed by atoms with Crippen LogP contribution in [0.25, 0.3) is 0 Å². The fraction of sp³-hybridized carbons (Fsp3) is 0.462. The van der Waals surface area contributed by atoms with E-state index in [1.807, 2.05) is 13.0 Å². The topological polar surface area (TPSA) is 99.4 Å². The Hall–Kier alpha value is -2.29. The van der Waals surface area contributed by atoms with Gasteiger partial charge in [-0.1, -0.05) is 6.92 Å². The average molecular weight is 264 g/mol. The zero-order valence-corrected chi connectivity index (χ0v) is 10.9. The van der Waals surface area contributed by atoms with Crippen molar-refractivity contribution in [1.29, 1.82) is 5.26 Å². The minimum absolute atomic E-state index is 0.0128. The van der Waals surface area contributed by atoms with Crippen LogP contribution < -0.4 is 5.32 Å². The van der Waals surface area contributed by atoms with Crippen molar-refractivity contribution < 1.29 is 19.4 Å². The molecule has 0 atom stereocenters. The van der Waals surface area contributed by atoms with Gasteiger partial charge in [0.05, 0.1) is 23.6 Å². The summed E-state index contributed by atoms with van der Waals surface area (Å²) >= 11 is 0. The third kappa shape index (κ3) is 3.58. The van der Waals surface area contributed by atoms with Gasteiger partial charge in [-0.3, -0.25) is 0 Å². The number of dihydropyridines is 1. The van der Waals surface area contributed by atoms with E-state index < -0.39 is 11.9 Å². The fourth-order valence-corrected chi connectivity index (χ4v) is 1.80. The number of rotatable bonds is 5. The van der Waals surface area contributed by atoms with Gasteiger partial charge in [-0.25, -0.2) is 9.59 Å². The molecule has 6 heteroatoms. The lowest BCUT2D eigenvalue weighted by Crippen LogP contribution is -2.26. The molecule has 0 aromatic heterocycles. The molecular weight excluding hydrogens is 248 g/mol. The number of carbonyl (C=O) groups is 2. The number of carbonyl (C=O) groups excluding carboxylic acids is 1. The highest BCUT2D eigenvalue weighted by molar-refractivity contribution is 5.95. The zero-order chi connectivity index (χ0) is 14.4. The lowest BCUT2D eigenvalue weighted by atomic mass is 9.97. The minimum atomic E-state index is -1.04. The second-order valence-corrected chi connectivity index (χ2v) is 4.07. The third-order valence-corrected chi connectivity index (χ3v) is 2.81. The number of hydrogen-bond donors (Lipinski definition) is 2. The first kappa shape index (κ1) is 14.8. The summed E-state index contributed by atoms with van der Waals surface area (Å²) in [4.78, 5) is 22.9. The summed E-state index contributed by atoms with van der Waals surface area (Å²) in [7, 11) is 0. The molecule has 1 rings (SSSR count). The van der Waals surface area contributed by atoms with E-state index in [0.29, 0.717) is 23.4 Å². The van der Waals surface area contributed by atoms with Crippen LogP contribution in [0, 0.1) is 11.3 Å². The van der Waals surface area contributed by atoms with Crippen molar-refractivity contribution in [2.75, 3.05) is 6.61 Å². The average Bonchev–Trinajstić information content (AvgIpc) is 2.37. The van der Waals surface area contributed by atoms with Crippen LogP contribution in [-0.2, 0) is 14.3 Å². The number of nitrogens with one attached hydrogen (secondary N) is 1. The number of ether oxygens (including phenoxy) is 1. The molecule has 0 saturated carbocycles. The molecule has 0 bridgehead atoms. The predicted molar refractivity (Wildman–Crippen MR) is 66.6 cm³/mol. The summed E-state index contributed by atoms with van der Waals surface area (Å²) in [6, 6.07) is 1.87. The highest BCUT2D eigenvalue weighted by Crippen LogP contribution is 2.25. The van der Waals surface area contributed by atoms with Crippen LogP contribution in [-0.4, -0.2) is 23.7 Å². The predicted octanol–water partition coefficient (Wildman–Crippen LogP) is 1.46. The van der Waals surface area contributed by atoms with E-state index in [1.165, 1.54) is 0 Å². The molecular formula is C13H16N2O4. The van der Waals surface area contributed by atoms with Crippen LogP contribution in [0.2, 0.25) is 0 Å². The Morgan fingerprint density at radius 3 is 2.68 bits per heavy atom. The molecule has 1 aliphatic heterocycles. The maximum atomic E-state index is 11.8. The van der Waals surface area contributed by atoms with Gasteiger partial charge in [-0.2, -0.15) is 5.26 Å². The zero-order valence-electron chi connectivity index (χ0n) is 10.9. The van der Waals surface area contributed by atoms with Gasteiger partial charge in [0.25, 0.3) is 0 Å². The van der Waals surface area contributed by atoms with Gasteiger partial charge in [0, 0.05) is 17.8 Å². The van der Waals surface area contributed by atoms with E-state index in [9.17, 15) is 9.59 Å². The van der Waals surface area contributed by atoms with Gasteiger partial charge in [0.15, 0.2) is 0 Å². The van der Waals surface area contributed by atoms with E-state index in [4.69, 9.17) is 15.1 Å². The van der Waals surface area contributed by atoms with Crippen molar-refractivity contribution in [3.8, 4) is 6.07 Å². The Bertz CT molecular complexity index is 497. The molecule has 0 aromatic carbocycles. The van der Waals surface area contributed by atoms with Gasteiger partial charge < -0.3 is 15.2 Å². The van der Waals surface area contributed by atoms with Gasteiger partial charge in [0.2, 0.25) is 0 Å². The molecule has 0 aliphatic carbocycles. The van der Waals surface area contributed by atoms with Crippen LogP contribution in [0.15, 0.2) is 22.5 Å². The molecule has 0 spiro atoms. The fourth-order valence-electron chi connectivity index (χ4n) is 1.80. The van der Waals surface area contributed by atoms with Crippen LogP contribution in [0.3, 0.4) is 0 Å². The highest BCUT2D eigenvalue weighted by Gasteiger charge is 2.26. The van der Waals surface area contributed by atoms with Crippen molar-refractivity contribution in [3.05, 3.63) is 22.5 Å². The summed E-state index contributed by atoms with van der Waals surface area (Å²) in [5.41, 5.74) is 1.69. The highest BCUT2D eigenvalue weighted by atomic mass is 16.5. The van der Waals surface area contributed by atoms with Crippen LogP contribution in [0.1, 0.15) is 33.1 Å². The molecule has 0 radical (unpaired) electrons. The maximum Gasteiger partial charge on any atom is 0.336 e. The molecule has 0 aromatic rings. The van der Waals surface area contributed by atoms with E-state index in [1.54, 1.807) is 6.92 Å². The summed E-state index contributed by atoms with van der Waals surface area (Å²) in [5.74, 6) is -1.62. The Morgan fingerprint density at radius 1 is 1.47 bits per heavy atom. The van der Waals surface area contributed by atoms with Crippen molar-refractivity contribution in [3.63, 3.8) is 0 Å². The van der Waals surface area contributed by atoms with E-state index in [-0.39, 0.29) is 25.0 Å². The first-order valence-corrected chi connectivity index (χ1v) is 5.97. The molecule has 19 heavy (non-hydrogen) atoms. The third-order valence-electron chi connectivity index (χ3n) is 2.81. The lowest BCUT2D eigenvalue weighted by Gasteiger charge is -2.22. The van der Waals surface area contributed by atoms with Gasteiger partial charge in [0.1, 0.15) is 6.61 Å². The summed E-state index contributed by atoms with van der Waals surface area (Å²) in [6.45, 7) is 3.56. The minimum Gasteiger partial charge on any atom is -0.478 e. The number of aliphatic carboxylic acids is 1. The number of allylic oxidation sites excluding steroid dienone is 2. The van der Waals surface area contributed by atoms with Gasteiger partial charge in [-0.15, -0.1) is 0 Å². The molecule has 0 amide bonds. The number of nitriles is 1. The van der Waals surface area contributed by atoms with Crippen molar-refractivity contribution in [1.82, 2.24) is 5.32 Å². The first-order chi connectivity index (χ1) is 9.01. The summed E-state index contributed by atoms with van der Waals surface area (Å²) < 4.78 is 4.91. The first-order valence-electron chi connectivity index (χ1n) is 5.97. The van der Waals surface area contributed by atoms with Gasteiger partial charge in [-0.05, 0) is 13.3 Å². The smallest absolute Gasteiger partial charge is 0.336 e. The largest absolute Gasteiger partial charge is 0.478 e. The van der Waals surface area contributed by atoms with E-state index in [2.05, 4.69) is 5.32 Å². The van der Waals surface area contributed by atoms with Crippen LogP contribution in [0.4, 0.5) is 0 Å². The Morgan fingerprint density at radius 2 is 2.16 bits per heavy atom. The Kier molecular flexibility index (Phi) is 5.12. The molecule has 1 aliphatic rings. The SMILES string of the molecule is CCC1=C(C(=O)O)CC(C(=O)OCCC#N)=C(C)N1. The summed E-state index contributed by atoms with van der Waals surface area (Å²) in [6.07, 6.45) is 0.714. The van der Waals surface area contributed by atoms with Crippen molar-refractivity contribution in [2.45, 2.75) is 33.1 Å². The molecule has 102 valence electrons. The Balaban J connectivity index is 2.84. The van der Waals surface area contributed by atoms with E-state index >= 15 is 0 Å². The quantitative estimate of drug-likeness (QED) is 0.576. The standard InChI is InChI=1S/C13H16N2O4/c1-3-11-10(12(16)17)7-9(8(2)15-11)13(18)19-6-4-5-14/h15H,3-4,6-7H2,1-2H3,(H,16,17). The second kappa shape index (κ2) is 6.59. The molecule has 6 nitrogen and oxygen atoms in total. The van der Waals surface area contributed by atoms with Crippen LogP contribution >= 0.6 is 0 Å². The molecule has 0 saturated heterocycles. The number of carboxylic acids is 1. The molecule has 0 fully saturated rings. The molecule has 1 heterocycles. The van der Waals surface area contributed by atoms with Crippen molar-refractivity contribution in [2.24, 2.45) is 0 Å². The maximum absolute atomic E-state index is 11.8. The lowest BCUT2D eigenvalue weighted by molar-refractivity contribution is -0.139. The van der Waals surface area contributed by atoms with Gasteiger partial charge >= 0.3 is 11.9 Å². The van der Waals surface area contributed by atoms with Crippen molar-refractivity contribution >= 4 is 11.9 Å². The number of nitrogens with zero attached hydrogens (tertiary/aromatic N) is 1. The second-order valence-electron chi connectivity index (χ2n) is 4.07. The number of carboxylic acid groups (broad SMARTS) is 1.